The lowest BCUT2D eigenvalue weighted by molar-refractivity contribution is -0.703. The van der Waals surface area contributed by atoms with Crippen LogP contribution in [0, 0.1) is 0 Å². The zero-order valence-electron chi connectivity index (χ0n) is 10.8. The maximum absolute atomic E-state index is 12.0. The third-order valence-electron chi connectivity index (χ3n) is 2.86. The zero-order chi connectivity index (χ0) is 13.7. The fourth-order valence-electron chi connectivity index (χ4n) is 1.55. The topological polar surface area (TPSA) is 45.7 Å². The minimum atomic E-state index is -0.147. The first-order valence-electron chi connectivity index (χ1n) is 6.05. The predicted molar refractivity (Wildman–Crippen MR) is 76.2 cm³/mol. The van der Waals surface area contributed by atoms with E-state index in [0.29, 0.717) is 21.8 Å². The molecule has 0 spiro atoms. The van der Waals surface area contributed by atoms with Crippen molar-refractivity contribution < 1.29 is 10.1 Å². The number of hydrogen-bond acceptors (Lipinski definition) is 1. The van der Waals surface area contributed by atoms with Gasteiger partial charge in [0.05, 0.1) is 16.8 Å². The molecule has 0 bridgehead atoms. The van der Waals surface area contributed by atoms with Crippen molar-refractivity contribution in [2.45, 2.75) is 39.3 Å². The molecule has 0 aliphatic carbocycles. The van der Waals surface area contributed by atoms with Crippen molar-refractivity contribution >= 4 is 34.8 Å². The Morgan fingerprint density at radius 3 is 2.61 bits per heavy atom. The van der Waals surface area contributed by atoms with Gasteiger partial charge < -0.3 is 10.6 Å². The number of benzene rings is 1. The highest BCUT2D eigenvalue weighted by atomic mass is 35.5. The number of carbonyl (C=O) groups excluding carboxylic acids is 1. The number of anilines is 1. The van der Waals surface area contributed by atoms with Gasteiger partial charge in [0.15, 0.2) is 6.04 Å². The highest BCUT2D eigenvalue weighted by Crippen LogP contribution is 2.25. The van der Waals surface area contributed by atoms with Crippen molar-refractivity contribution in [2.75, 3.05) is 5.32 Å². The monoisotopic (exact) mass is 289 g/mol. The lowest BCUT2D eigenvalue weighted by atomic mass is 10.2. The van der Waals surface area contributed by atoms with E-state index in [2.05, 4.69) is 19.2 Å². The average molecular weight is 290 g/mol. The Balaban J connectivity index is 2.64. The van der Waals surface area contributed by atoms with Crippen LogP contribution >= 0.6 is 23.2 Å². The number of hydrogen-bond donors (Lipinski definition) is 2. The predicted octanol–water partition coefficient (Wildman–Crippen LogP) is 2.68. The van der Waals surface area contributed by atoms with Crippen LogP contribution in [0.2, 0.25) is 10.0 Å². The second-order valence-corrected chi connectivity index (χ2v) is 5.32. The quantitative estimate of drug-likeness (QED) is 0.860. The molecule has 3 N–H and O–H groups in total. The van der Waals surface area contributed by atoms with Crippen LogP contribution in [-0.2, 0) is 4.79 Å². The normalized spacial score (nSPS) is 14.1. The average Bonchev–Trinajstić information content (AvgIpc) is 2.32. The van der Waals surface area contributed by atoms with Crippen molar-refractivity contribution in [3.05, 3.63) is 28.2 Å². The number of nitrogens with one attached hydrogen (secondary N) is 1. The van der Waals surface area contributed by atoms with Crippen LogP contribution in [0.1, 0.15) is 27.2 Å². The van der Waals surface area contributed by atoms with Gasteiger partial charge in [0, 0.05) is 5.02 Å². The number of nitrogens with two attached hydrogens (primary N) is 1. The maximum atomic E-state index is 12.0. The summed E-state index contributed by atoms with van der Waals surface area (Å²) in [7, 11) is 0. The van der Waals surface area contributed by atoms with Gasteiger partial charge in [-0.1, -0.05) is 30.1 Å². The smallest absolute Gasteiger partial charge is 0.282 e. The van der Waals surface area contributed by atoms with Crippen LogP contribution in [0.5, 0.6) is 0 Å². The van der Waals surface area contributed by atoms with E-state index >= 15 is 0 Å². The lowest BCUT2D eigenvalue weighted by Crippen LogP contribution is -2.95. The van der Waals surface area contributed by atoms with Crippen LogP contribution in [0.3, 0.4) is 0 Å². The summed E-state index contributed by atoms with van der Waals surface area (Å²) in [6.07, 6.45) is 1.03. The van der Waals surface area contributed by atoms with Crippen LogP contribution in [0.15, 0.2) is 18.2 Å². The van der Waals surface area contributed by atoms with E-state index < -0.39 is 0 Å². The van der Waals surface area contributed by atoms with Gasteiger partial charge in [0.1, 0.15) is 0 Å². The Bertz CT molecular complexity index is 423. The van der Waals surface area contributed by atoms with Crippen molar-refractivity contribution in [3.63, 3.8) is 0 Å². The van der Waals surface area contributed by atoms with Crippen molar-refractivity contribution in [3.8, 4) is 0 Å². The number of carbonyl (C=O) groups is 1. The van der Waals surface area contributed by atoms with Gasteiger partial charge in [-0.15, -0.1) is 0 Å². The molecule has 0 aliphatic rings. The van der Waals surface area contributed by atoms with E-state index in [0.717, 1.165) is 6.42 Å². The molecule has 1 amide bonds. The zero-order valence-corrected chi connectivity index (χ0v) is 12.3. The molecule has 0 saturated carbocycles. The molecule has 0 aliphatic heterocycles. The molecule has 1 aromatic rings. The number of amides is 1. The lowest BCUT2D eigenvalue weighted by Gasteiger charge is -2.15. The molecule has 0 aromatic heterocycles. The fourth-order valence-corrected chi connectivity index (χ4v) is 2.01. The summed E-state index contributed by atoms with van der Waals surface area (Å²) < 4.78 is 0. The Kier molecular flexibility index (Phi) is 5.93. The molecular weight excluding hydrogens is 271 g/mol. The Morgan fingerprint density at radius 2 is 2.06 bits per heavy atom. The Hall–Kier alpha value is -0.770. The van der Waals surface area contributed by atoms with Crippen molar-refractivity contribution in [2.24, 2.45) is 0 Å². The van der Waals surface area contributed by atoms with Crippen molar-refractivity contribution in [1.29, 1.82) is 0 Å². The molecule has 0 fully saturated rings. The molecular formula is C13H19Cl2N2O+. The van der Waals surface area contributed by atoms with Crippen molar-refractivity contribution in [1.82, 2.24) is 0 Å². The third-order valence-corrected chi connectivity index (χ3v) is 3.41. The molecule has 0 unspecified atom stereocenters. The molecule has 5 heteroatoms. The summed E-state index contributed by atoms with van der Waals surface area (Å²) in [6.45, 7) is 6.08. The van der Waals surface area contributed by atoms with E-state index in [4.69, 9.17) is 23.2 Å². The van der Waals surface area contributed by atoms with Gasteiger partial charge in [-0.25, -0.2) is 0 Å². The molecule has 0 heterocycles. The highest BCUT2D eigenvalue weighted by Gasteiger charge is 2.19. The second-order valence-electron chi connectivity index (χ2n) is 4.48. The van der Waals surface area contributed by atoms with Crippen LogP contribution in [0.25, 0.3) is 0 Å². The number of rotatable bonds is 5. The van der Waals surface area contributed by atoms with E-state index in [-0.39, 0.29) is 11.9 Å². The van der Waals surface area contributed by atoms with E-state index in [1.807, 2.05) is 12.2 Å². The van der Waals surface area contributed by atoms with E-state index in [9.17, 15) is 4.79 Å². The molecule has 1 rings (SSSR count). The van der Waals surface area contributed by atoms with Crippen LogP contribution in [-0.4, -0.2) is 18.0 Å². The molecule has 0 saturated heterocycles. The fraction of sp³-hybridized carbons (Fsp3) is 0.462. The molecule has 18 heavy (non-hydrogen) atoms. The largest absolute Gasteiger partial charge is 0.334 e. The molecule has 3 nitrogen and oxygen atoms in total. The molecule has 100 valence electrons. The molecule has 1 aromatic carbocycles. The van der Waals surface area contributed by atoms with E-state index in [1.165, 1.54) is 0 Å². The molecule has 2 atom stereocenters. The first kappa shape index (κ1) is 15.3. The van der Waals surface area contributed by atoms with E-state index in [1.54, 1.807) is 18.2 Å². The summed E-state index contributed by atoms with van der Waals surface area (Å²) in [5.41, 5.74) is 0.593. The highest BCUT2D eigenvalue weighted by molar-refractivity contribution is 6.36. The Labute approximate surface area is 118 Å². The van der Waals surface area contributed by atoms with Crippen LogP contribution < -0.4 is 10.6 Å². The maximum Gasteiger partial charge on any atom is 0.282 e. The summed E-state index contributed by atoms with van der Waals surface area (Å²) in [5, 5.41) is 5.85. The Morgan fingerprint density at radius 1 is 1.39 bits per heavy atom. The van der Waals surface area contributed by atoms with Crippen LogP contribution in [0.4, 0.5) is 5.69 Å². The van der Waals surface area contributed by atoms with Gasteiger partial charge in [0.2, 0.25) is 0 Å². The first-order valence-corrected chi connectivity index (χ1v) is 6.80. The SMILES string of the molecule is CC[C@@H](C)[NH2+][C@@H](C)C(=O)Nc1ccc(Cl)cc1Cl. The van der Waals surface area contributed by atoms with Gasteiger partial charge in [-0.2, -0.15) is 0 Å². The molecule has 0 radical (unpaired) electrons. The number of halogens is 2. The summed E-state index contributed by atoms with van der Waals surface area (Å²) in [4.78, 5) is 12.0. The summed E-state index contributed by atoms with van der Waals surface area (Å²) >= 11 is 11.8. The second kappa shape index (κ2) is 6.98. The standard InChI is InChI=1S/C13H18Cl2N2O/c1-4-8(2)16-9(3)13(18)17-12-6-5-10(14)7-11(12)15/h5-9,16H,4H2,1-3H3,(H,17,18)/p+1/t8-,9+/m1/s1. The van der Waals surface area contributed by atoms with Gasteiger partial charge in [-0.3, -0.25) is 4.79 Å². The number of quaternary nitrogens is 1. The summed E-state index contributed by atoms with van der Waals surface area (Å²) in [5.74, 6) is -0.0560. The minimum Gasteiger partial charge on any atom is -0.334 e. The first-order chi connectivity index (χ1) is 8.43. The minimum absolute atomic E-state index is 0.0560. The van der Waals surface area contributed by atoms with Gasteiger partial charge >= 0.3 is 0 Å². The van der Waals surface area contributed by atoms with Gasteiger partial charge in [-0.05, 0) is 38.5 Å². The third kappa shape index (κ3) is 4.48. The van der Waals surface area contributed by atoms with Gasteiger partial charge in [0.25, 0.3) is 5.91 Å². The summed E-state index contributed by atoms with van der Waals surface area (Å²) in [6, 6.07) is 5.30.